The summed E-state index contributed by atoms with van der Waals surface area (Å²) in [5.74, 6) is 0.711. The highest BCUT2D eigenvalue weighted by molar-refractivity contribution is 5.96. The van der Waals surface area contributed by atoms with Crippen LogP contribution in [0.4, 0.5) is 0 Å². The summed E-state index contributed by atoms with van der Waals surface area (Å²) in [6.07, 6.45) is 5.47. The third-order valence-corrected chi connectivity index (χ3v) is 4.25. The number of carbonyl (C=O) groups is 2. The van der Waals surface area contributed by atoms with Crippen LogP contribution in [0.3, 0.4) is 0 Å². The summed E-state index contributed by atoms with van der Waals surface area (Å²) in [6, 6.07) is 3.19. The van der Waals surface area contributed by atoms with Gasteiger partial charge in [-0.3, -0.25) is 9.59 Å². The molecule has 2 heterocycles. The lowest BCUT2D eigenvalue weighted by Gasteiger charge is -2.24. The minimum absolute atomic E-state index is 0.0261. The number of likely N-dealkylation sites (tertiary alicyclic amines) is 1. The van der Waals surface area contributed by atoms with Crippen LogP contribution in [0.15, 0.2) is 22.8 Å². The maximum absolute atomic E-state index is 12.3. The molecule has 1 aliphatic heterocycles. The first-order valence-corrected chi connectivity index (χ1v) is 7.31. The molecule has 0 radical (unpaired) electrons. The molecule has 2 fully saturated rings. The fourth-order valence-electron chi connectivity index (χ4n) is 2.86. The maximum Gasteiger partial charge on any atom is 0.290 e. The number of hydrogen-bond acceptors (Lipinski definition) is 3. The van der Waals surface area contributed by atoms with Gasteiger partial charge >= 0.3 is 0 Å². The van der Waals surface area contributed by atoms with E-state index in [4.69, 9.17) is 4.42 Å². The summed E-state index contributed by atoms with van der Waals surface area (Å²) in [6.45, 7) is 2.67. The van der Waals surface area contributed by atoms with Gasteiger partial charge in [-0.1, -0.05) is 0 Å². The second kappa shape index (κ2) is 5.31. The zero-order chi connectivity index (χ0) is 14.1. The van der Waals surface area contributed by atoms with Crippen molar-refractivity contribution in [2.75, 3.05) is 6.54 Å². The summed E-state index contributed by atoms with van der Waals surface area (Å²) in [7, 11) is 0. The molecule has 1 aliphatic carbocycles. The van der Waals surface area contributed by atoms with Crippen LogP contribution < -0.4 is 5.32 Å². The average Bonchev–Trinajstić information content (AvgIpc) is 2.95. The Labute approximate surface area is 118 Å². The first-order valence-electron chi connectivity index (χ1n) is 7.31. The van der Waals surface area contributed by atoms with E-state index in [1.807, 2.05) is 6.92 Å². The molecule has 108 valence electrons. The van der Waals surface area contributed by atoms with Gasteiger partial charge in [0.2, 0.25) is 5.91 Å². The van der Waals surface area contributed by atoms with Gasteiger partial charge < -0.3 is 14.6 Å². The van der Waals surface area contributed by atoms with Gasteiger partial charge in [0, 0.05) is 12.6 Å². The zero-order valence-electron chi connectivity index (χ0n) is 11.7. The predicted octanol–water partition coefficient (Wildman–Crippen LogP) is 1.80. The van der Waals surface area contributed by atoms with Crippen LogP contribution >= 0.6 is 0 Å². The second-order valence-electron chi connectivity index (χ2n) is 5.77. The molecule has 0 spiro atoms. The molecule has 5 nitrogen and oxygen atoms in total. The quantitative estimate of drug-likeness (QED) is 0.912. The number of nitrogens with zero attached hydrogens (tertiary/aromatic N) is 1. The lowest BCUT2D eigenvalue weighted by Crippen LogP contribution is -2.48. The first kappa shape index (κ1) is 13.2. The van der Waals surface area contributed by atoms with E-state index in [2.05, 4.69) is 5.32 Å². The molecule has 0 bridgehead atoms. The third-order valence-electron chi connectivity index (χ3n) is 4.25. The summed E-state index contributed by atoms with van der Waals surface area (Å²) in [5.41, 5.74) is 0. The van der Waals surface area contributed by atoms with Gasteiger partial charge in [-0.15, -0.1) is 0 Å². The summed E-state index contributed by atoms with van der Waals surface area (Å²) >= 11 is 0. The first-order chi connectivity index (χ1) is 9.66. The Morgan fingerprint density at radius 1 is 1.40 bits per heavy atom. The van der Waals surface area contributed by atoms with Gasteiger partial charge in [-0.25, -0.2) is 0 Å². The molecule has 1 saturated heterocycles. The Bertz CT molecular complexity index is 493. The molecule has 2 amide bonds. The molecule has 20 heavy (non-hydrogen) atoms. The smallest absolute Gasteiger partial charge is 0.290 e. The molecule has 1 aromatic rings. The van der Waals surface area contributed by atoms with Crippen LogP contribution in [-0.2, 0) is 4.79 Å². The maximum atomic E-state index is 12.3. The molecule has 1 aromatic heterocycles. The van der Waals surface area contributed by atoms with Crippen molar-refractivity contribution in [2.24, 2.45) is 5.92 Å². The standard InChI is InChI=1S/C15H20N2O3/c1-10(11-6-7-11)16-14(18)12-4-2-8-17(12)15(19)13-5-3-9-20-13/h3,5,9-12H,2,4,6-8H2,1H3,(H,16,18). The highest BCUT2D eigenvalue weighted by atomic mass is 16.3. The topological polar surface area (TPSA) is 62.6 Å². The van der Waals surface area contributed by atoms with Crippen LogP contribution in [0, 0.1) is 5.92 Å². The second-order valence-corrected chi connectivity index (χ2v) is 5.77. The highest BCUT2D eigenvalue weighted by Crippen LogP contribution is 2.32. The highest BCUT2D eigenvalue weighted by Gasteiger charge is 2.37. The van der Waals surface area contributed by atoms with E-state index in [9.17, 15) is 9.59 Å². The fourth-order valence-corrected chi connectivity index (χ4v) is 2.86. The van der Waals surface area contributed by atoms with Crippen molar-refractivity contribution < 1.29 is 14.0 Å². The van der Waals surface area contributed by atoms with Gasteiger partial charge in [0.25, 0.3) is 5.91 Å². The summed E-state index contributed by atoms with van der Waals surface area (Å²) in [4.78, 5) is 26.3. The number of amides is 2. The van der Waals surface area contributed by atoms with Crippen molar-refractivity contribution in [3.05, 3.63) is 24.2 Å². The molecule has 2 aliphatic rings. The molecule has 1 N–H and O–H groups in total. The number of nitrogens with one attached hydrogen (secondary N) is 1. The Morgan fingerprint density at radius 3 is 2.85 bits per heavy atom. The normalized spacial score (nSPS) is 23.6. The summed E-state index contributed by atoms with van der Waals surface area (Å²) in [5, 5.41) is 3.05. The van der Waals surface area contributed by atoms with E-state index >= 15 is 0 Å². The van der Waals surface area contributed by atoms with Gasteiger partial charge in [0.15, 0.2) is 5.76 Å². The van der Waals surface area contributed by atoms with E-state index in [-0.39, 0.29) is 23.9 Å². The van der Waals surface area contributed by atoms with Crippen molar-refractivity contribution in [3.63, 3.8) is 0 Å². The zero-order valence-corrected chi connectivity index (χ0v) is 11.7. The molecular weight excluding hydrogens is 256 g/mol. The van der Waals surface area contributed by atoms with Crippen LogP contribution in [0.25, 0.3) is 0 Å². The largest absolute Gasteiger partial charge is 0.459 e. The van der Waals surface area contributed by atoms with E-state index in [1.54, 1.807) is 17.0 Å². The van der Waals surface area contributed by atoms with E-state index in [1.165, 1.54) is 19.1 Å². The molecule has 2 atom stereocenters. The lowest BCUT2D eigenvalue weighted by molar-refractivity contribution is -0.125. The van der Waals surface area contributed by atoms with Gasteiger partial charge in [0.1, 0.15) is 6.04 Å². The average molecular weight is 276 g/mol. The lowest BCUT2D eigenvalue weighted by atomic mass is 10.1. The van der Waals surface area contributed by atoms with Gasteiger partial charge in [-0.2, -0.15) is 0 Å². The molecule has 2 unspecified atom stereocenters. The Balaban J connectivity index is 1.65. The fraction of sp³-hybridized carbons (Fsp3) is 0.600. The summed E-state index contributed by atoms with van der Waals surface area (Å²) < 4.78 is 5.14. The van der Waals surface area contributed by atoms with Crippen molar-refractivity contribution in [3.8, 4) is 0 Å². The molecule has 3 rings (SSSR count). The van der Waals surface area contributed by atoms with Crippen molar-refractivity contribution >= 4 is 11.8 Å². The van der Waals surface area contributed by atoms with Crippen LogP contribution in [0.1, 0.15) is 43.2 Å². The van der Waals surface area contributed by atoms with Gasteiger partial charge in [0.05, 0.1) is 6.26 Å². The Morgan fingerprint density at radius 2 is 2.20 bits per heavy atom. The number of carbonyl (C=O) groups excluding carboxylic acids is 2. The van der Waals surface area contributed by atoms with E-state index in [0.717, 1.165) is 12.8 Å². The predicted molar refractivity (Wildman–Crippen MR) is 73.1 cm³/mol. The number of hydrogen-bond donors (Lipinski definition) is 1. The van der Waals surface area contributed by atoms with Crippen LogP contribution in [0.5, 0.6) is 0 Å². The Kier molecular flexibility index (Phi) is 3.51. The van der Waals surface area contributed by atoms with E-state index in [0.29, 0.717) is 18.2 Å². The van der Waals surface area contributed by atoms with Crippen molar-refractivity contribution in [1.29, 1.82) is 0 Å². The molecule has 1 saturated carbocycles. The number of rotatable bonds is 4. The van der Waals surface area contributed by atoms with Crippen LogP contribution in [0.2, 0.25) is 0 Å². The van der Waals surface area contributed by atoms with E-state index < -0.39 is 0 Å². The molecular formula is C15H20N2O3. The van der Waals surface area contributed by atoms with Crippen molar-refractivity contribution in [2.45, 2.75) is 44.7 Å². The SMILES string of the molecule is CC(NC(=O)C1CCCN1C(=O)c1ccco1)C1CC1. The Hall–Kier alpha value is -1.78. The van der Waals surface area contributed by atoms with Gasteiger partial charge in [-0.05, 0) is 50.7 Å². The number of furan rings is 1. The van der Waals surface area contributed by atoms with Crippen LogP contribution in [-0.4, -0.2) is 35.3 Å². The molecule has 5 heteroatoms. The third kappa shape index (κ3) is 2.57. The minimum Gasteiger partial charge on any atom is -0.459 e. The minimum atomic E-state index is -0.353. The molecule has 0 aromatic carbocycles. The van der Waals surface area contributed by atoms with Crippen molar-refractivity contribution in [1.82, 2.24) is 10.2 Å². The monoisotopic (exact) mass is 276 g/mol.